The minimum atomic E-state index is -0.334. The van der Waals surface area contributed by atoms with Gasteiger partial charge in [0.25, 0.3) is 5.91 Å². The molecule has 0 fully saturated rings. The third-order valence-corrected chi connectivity index (χ3v) is 4.02. The van der Waals surface area contributed by atoms with Crippen molar-refractivity contribution in [3.05, 3.63) is 52.5 Å². The van der Waals surface area contributed by atoms with Gasteiger partial charge in [0.15, 0.2) is 18.1 Å². The van der Waals surface area contributed by atoms with Gasteiger partial charge < -0.3 is 14.2 Å². The van der Waals surface area contributed by atoms with Crippen LogP contribution in [0.3, 0.4) is 0 Å². The molecule has 0 saturated heterocycles. The summed E-state index contributed by atoms with van der Waals surface area (Å²) < 4.78 is 17.4. The van der Waals surface area contributed by atoms with E-state index in [1.54, 1.807) is 19.1 Å². The SMILES string of the molecule is C/C(=N/NC(=O)COc1ccc(Br)cc1)c1ccc2c(c1)OCCO2. The highest BCUT2D eigenvalue weighted by atomic mass is 79.9. The van der Waals surface area contributed by atoms with Crippen molar-refractivity contribution in [3.8, 4) is 17.2 Å². The lowest BCUT2D eigenvalue weighted by molar-refractivity contribution is -0.123. The molecule has 130 valence electrons. The fourth-order valence-electron chi connectivity index (χ4n) is 2.19. The third kappa shape index (κ3) is 4.73. The third-order valence-electron chi connectivity index (χ3n) is 3.49. The molecule has 3 rings (SSSR count). The number of ether oxygens (including phenoxy) is 3. The zero-order valence-corrected chi connectivity index (χ0v) is 15.2. The number of carbonyl (C=O) groups excluding carboxylic acids is 1. The van der Waals surface area contributed by atoms with Crippen molar-refractivity contribution >= 4 is 27.5 Å². The lowest BCUT2D eigenvalue weighted by atomic mass is 10.1. The van der Waals surface area contributed by atoms with E-state index in [2.05, 4.69) is 26.5 Å². The first-order valence-electron chi connectivity index (χ1n) is 7.73. The van der Waals surface area contributed by atoms with Crippen molar-refractivity contribution in [2.24, 2.45) is 5.10 Å². The van der Waals surface area contributed by atoms with Crippen molar-refractivity contribution in [3.63, 3.8) is 0 Å². The fourth-order valence-corrected chi connectivity index (χ4v) is 2.46. The number of benzene rings is 2. The molecule has 1 aliphatic heterocycles. The predicted octanol–water partition coefficient (Wildman–Crippen LogP) is 3.14. The Hall–Kier alpha value is -2.54. The number of rotatable bonds is 5. The number of hydrazone groups is 1. The van der Waals surface area contributed by atoms with Crippen molar-refractivity contribution in [1.82, 2.24) is 5.43 Å². The predicted molar refractivity (Wildman–Crippen MR) is 97.4 cm³/mol. The molecule has 1 heterocycles. The van der Waals surface area contributed by atoms with E-state index in [-0.39, 0.29) is 12.5 Å². The monoisotopic (exact) mass is 404 g/mol. The second kappa shape index (κ2) is 8.02. The molecule has 1 N–H and O–H groups in total. The Balaban J connectivity index is 1.55. The average molecular weight is 405 g/mol. The van der Waals surface area contributed by atoms with Crippen LogP contribution in [0.15, 0.2) is 52.0 Å². The van der Waals surface area contributed by atoms with E-state index in [4.69, 9.17) is 14.2 Å². The molecule has 25 heavy (non-hydrogen) atoms. The molecule has 0 aromatic heterocycles. The van der Waals surface area contributed by atoms with E-state index in [0.29, 0.717) is 30.4 Å². The zero-order chi connectivity index (χ0) is 17.6. The van der Waals surface area contributed by atoms with Gasteiger partial charge >= 0.3 is 0 Å². The molecule has 2 aromatic rings. The van der Waals surface area contributed by atoms with Crippen molar-refractivity contribution in [2.45, 2.75) is 6.92 Å². The number of halogens is 1. The highest BCUT2D eigenvalue weighted by Crippen LogP contribution is 2.30. The lowest BCUT2D eigenvalue weighted by Crippen LogP contribution is -2.25. The largest absolute Gasteiger partial charge is 0.486 e. The molecule has 0 aliphatic carbocycles. The zero-order valence-electron chi connectivity index (χ0n) is 13.6. The second-order valence-corrected chi connectivity index (χ2v) is 6.25. The van der Waals surface area contributed by atoms with Gasteiger partial charge in [0.2, 0.25) is 0 Å². The average Bonchev–Trinajstić information content (AvgIpc) is 2.65. The highest BCUT2D eigenvalue weighted by Gasteiger charge is 2.12. The van der Waals surface area contributed by atoms with Crippen LogP contribution in [-0.4, -0.2) is 31.4 Å². The van der Waals surface area contributed by atoms with E-state index in [1.165, 1.54) is 0 Å². The normalized spacial score (nSPS) is 13.3. The van der Waals surface area contributed by atoms with Crippen molar-refractivity contribution in [2.75, 3.05) is 19.8 Å². The van der Waals surface area contributed by atoms with Gasteiger partial charge in [-0.15, -0.1) is 0 Å². The van der Waals surface area contributed by atoms with Gasteiger partial charge in [-0.3, -0.25) is 4.79 Å². The van der Waals surface area contributed by atoms with Crippen LogP contribution >= 0.6 is 15.9 Å². The molecular weight excluding hydrogens is 388 g/mol. The maximum absolute atomic E-state index is 11.9. The molecule has 1 aliphatic rings. The maximum Gasteiger partial charge on any atom is 0.277 e. The van der Waals surface area contributed by atoms with Gasteiger partial charge in [0.1, 0.15) is 19.0 Å². The molecule has 0 spiro atoms. The second-order valence-electron chi connectivity index (χ2n) is 5.33. The minimum absolute atomic E-state index is 0.112. The minimum Gasteiger partial charge on any atom is -0.486 e. The molecule has 6 nitrogen and oxygen atoms in total. The van der Waals surface area contributed by atoms with Crippen LogP contribution in [-0.2, 0) is 4.79 Å². The summed E-state index contributed by atoms with van der Waals surface area (Å²) in [6.07, 6.45) is 0. The van der Waals surface area contributed by atoms with Gasteiger partial charge in [0, 0.05) is 10.0 Å². The summed E-state index contributed by atoms with van der Waals surface area (Å²) in [5.74, 6) is 1.68. The number of amides is 1. The molecule has 0 unspecified atom stereocenters. The Labute approximate surface area is 153 Å². The first-order chi connectivity index (χ1) is 12.1. The topological polar surface area (TPSA) is 69.2 Å². The van der Waals surface area contributed by atoms with E-state index in [0.717, 1.165) is 15.8 Å². The highest BCUT2D eigenvalue weighted by molar-refractivity contribution is 9.10. The van der Waals surface area contributed by atoms with Crippen LogP contribution in [0.25, 0.3) is 0 Å². The summed E-state index contributed by atoms with van der Waals surface area (Å²) in [7, 11) is 0. The van der Waals surface area contributed by atoms with Crippen LogP contribution in [0.2, 0.25) is 0 Å². The Bertz CT molecular complexity index is 790. The summed E-state index contributed by atoms with van der Waals surface area (Å²) in [5.41, 5.74) is 3.99. The van der Waals surface area contributed by atoms with Gasteiger partial charge in [-0.2, -0.15) is 5.10 Å². The fraction of sp³-hybridized carbons (Fsp3) is 0.222. The summed E-state index contributed by atoms with van der Waals surface area (Å²) in [4.78, 5) is 11.9. The maximum atomic E-state index is 11.9. The molecule has 0 radical (unpaired) electrons. The van der Waals surface area contributed by atoms with E-state index in [1.807, 2.05) is 30.3 Å². The molecule has 0 bridgehead atoms. The van der Waals surface area contributed by atoms with Gasteiger partial charge in [0.05, 0.1) is 5.71 Å². The summed E-state index contributed by atoms with van der Waals surface area (Å²) in [6.45, 7) is 2.77. The van der Waals surface area contributed by atoms with Crippen molar-refractivity contribution < 1.29 is 19.0 Å². The van der Waals surface area contributed by atoms with Crippen LogP contribution in [0, 0.1) is 0 Å². The quantitative estimate of drug-likeness (QED) is 0.613. The van der Waals surface area contributed by atoms with E-state index in [9.17, 15) is 4.79 Å². The van der Waals surface area contributed by atoms with Gasteiger partial charge in [-0.1, -0.05) is 15.9 Å². The molecule has 1 amide bonds. The lowest BCUT2D eigenvalue weighted by Gasteiger charge is -2.18. The summed E-state index contributed by atoms with van der Waals surface area (Å²) >= 11 is 3.34. The summed E-state index contributed by atoms with van der Waals surface area (Å²) in [5, 5.41) is 4.10. The number of carbonyl (C=O) groups is 1. The van der Waals surface area contributed by atoms with Gasteiger partial charge in [-0.25, -0.2) is 5.43 Å². The van der Waals surface area contributed by atoms with E-state index < -0.39 is 0 Å². The Morgan fingerprint density at radius 2 is 1.88 bits per heavy atom. The number of hydrogen-bond donors (Lipinski definition) is 1. The van der Waals surface area contributed by atoms with Crippen LogP contribution in [0.1, 0.15) is 12.5 Å². The Morgan fingerprint density at radius 3 is 2.64 bits per heavy atom. The Morgan fingerprint density at radius 1 is 1.16 bits per heavy atom. The number of fused-ring (bicyclic) bond motifs is 1. The first-order valence-corrected chi connectivity index (χ1v) is 8.52. The number of nitrogens with one attached hydrogen (secondary N) is 1. The first kappa shape index (κ1) is 17.3. The standard InChI is InChI=1S/C18H17BrN2O4/c1-12(13-2-7-16-17(10-13)24-9-8-23-16)20-21-18(22)11-25-15-5-3-14(19)4-6-15/h2-7,10H,8-9,11H2,1H3,(H,21,22)/b20-12-. The smallest absolute Gasteiger partial charge is 0.277 e. The van der Waals surface area contributed by atoms with Crippen LogP contribution < -0.4 is 19.6 Å². The van der Waals surface area contributed by atoms with Crippen LogP contribution in [0.5, 0.6) is 17.2 Å². The molecule has 2 aromatic carbocycles. The molecule has 0 atom stereocenters. The molecular formula is C18H17BrN2O4. The number of nitrogens with zero attached hydrogens (tertiary/aromatic N) is 1. The summed E-state index contributed by atoms with van der Waals surface area (Å²) in [6, 6.07) is 12.8. The Kier molecular flexibility index (Phi) is 5.55. The molecule has 7 heteroatoms. The van der Waals surface area contributed by atoms with Crippen LogP contribution in [0.4, 0.5) is 0 Å². The van der Waals surface area contributed by atoms with Crippen molar-refractivity contribution in [1.29, 1.82) is 0 Å². The number of hydrogen-bond acceptors (Lipinski definition) is 5. The molecule has 0 saturated carbocycles. The van der Waals surface area contributed by atoms with E-state index >= 15 is 0 Å². The van der Waals surface area contributed by atoms with Gasteiger partial charge in [-0.05, 0) is 49.4 Å².